The summed E-state index contributed by atoms with van der Waals surface area (Å²) < 4.78 is 0. The Balaban J connectivity index is 2.00. The molecule has 1 aliphatic carbocycles. The Labute approximate surface area is 69.0 Å². The van der Waals surface area contributed by atoms with Crippen molar-refractivity contribution in [2.24, 2.45) is 5.92 Å². The smallest absolute Gasteiger partial charge is 0.0483 e. The van der Waals surface area contributed by atoms with Crippen LogP contribution in [0.25, 0.3) is 0 Å². The highest BCUT2D eigenvalue weighted by Crippen LogP contribution is 2.29. The van der Waals surface area contributed by atoms with Crippen molar-refractivity contribution in [1.82, 2.24) is 10.2 Å². The Morgan fingerprint density at radius 2 is 2.18 bits per heavy atom. The van der Waals surface area contributed by atoms with Gasteiger partial charge in [0.25, 0.3) is 0 Å². The van der Waals surface area contributed by atoms with E-state index in [1.807, 2.05) is 0 Å². The van der Waals surface area contributed by atoms with Crippen LogP contribution in [0.2, 0.25) is 0 Å². The number of likely N-dealkylation sites (N-methyl/N-ethyl adjacent to an activating group) is 1. The number of nitrogens with zero attached hydrogens (tertiary/aromatic N) is 1. The lowest BCUT2D eigenvalue weighted by Crippen LogP contribution is -2.39. The number of fused-ring (bicyclic) bond motifs is 1. The largest absolute Gasteiger partial charge is 0.300 e. The summed E-state index contributed by atoms with van der Waals surface area (Å²) in [5, 5.41) is 3.56. The van der Waals surface area contributed by atoms with E-state index in [9.17, 15) is 0 Å². The van der Waals surface area contributed by atoms with Crippen LogP contribution in [0.5, 0.6) is 0 Å². The van der Waals surface area contributed by atoms with Gasteiger partial charge in [-0.2, -0.15) is 0 Å². The van der Waals surface area contributed by atoms with E-state index in [-0.39, 0.29) is 0 Å². The molecule has 2 fully saturated rings. The Bertz CT molecular complexity index is 146. The predicted molar refractivity (Wildman–Crippen MR) is 46.4 cm³/mol. The van der Waals surface area contributed by atoms with Gasteiger partial charge >= 0.3 is 0 Å². The van der Waals surface area contributed by atoms with Crippen molar-refractivity contribution < 1.29 is 0 Å². The normalized spacial score (nSPS) is 45.8. The lowest BCUT2D eigenvalue weighted by atomic mass is 9.84. The van der Waals surface area contributed by atoms with Crippen LogP contribution in [-0.4, -0.2) is 30.7 Å². The molecule has 11 heavy (non-hydrogen) atoms. The fourth-order valence-corrected chi connectivity index (χ4v) is 2.49. The van der Waals surface area contributed by atoms with Gasteiger partial charge in [0, 0.05) is 18.8 Å². The van der Waals surface area contributed by atoms with Crippen molar-refractivity contribution in [1.29, 1.82) is 0 Å². The van der Waals surface area contributed by atoms with E-state index >= 15 is 0 Å². The quantitative estimate of drug-likeness (QED) is 0.561. The van der Waals surface area contributed by atoms with Gasteiger partial charge in [0.1, 0.15) is 0 Å². The van der Waals surface area contributed by atoms with Crippen LogP contribution >= 0.6 is 0 Å². The maximum Gasteiger partial charge on any atom is 0.0483 e. The van der Waals surface area contributed by atoms with Crippen molar-refractivity contribution in [3.05, 3.63) is 0 Å². The molecule has 1 saturated heterocycles. The fourth-order valence-electron chi connectivity index (χ4n) is 2.49. The summed E-state index contributed by atoms with van der Waals surface area (Å²) in [7, 11) is 2.23. The molecule has 1 N–H and O–H groups in total. The van der Waals surface area contributed by atoms with E-state index in [0.717, 1.165) is 24.7 Å². The molecule has 0 radical (unpaired) electrons. The van der Waals surface area contributed by atoms with Crippen LogP contribution in [0.1, 0.15) is 26.2 Å². The third kappa shape index (κ3) is 1.30. The van der Waals surface area contributed by atoms with E-state index in [1.165, 1.54) is 19.3 Å². The molecule has 2 rings (SSSR count). The molecule has 3 unspecified atom stereocenters. The van der Waals surface area contributed by atoms with Gasteiger partial charge in [0.05, 0.1) is 0 Å². The zero-order chi connectivity index (χ0) is 7.84. The number of rotatable bonds is 0. The molecule has 2 aliphatic rings. The standard InChI is InChI=1S/C9H18N2/c1-7-3-4-9-8(5-7)10-6-11(9)2/h7-10H,3-6H2,1-2H3. The Hall–Kier alpha value is -0.0800. The SMILES string of the molecule is CC1CCC2C(C1)NCN2C. The lowest BCUT2D eigenvalue weighted by molar-refractivity contribution is 0.215. The average molecular weight is 154 g/mol. The molecular formula is C9H18N2. The van der Waals surface area contributed by atoms with Crippen molar-refractivity contribution in [2.45, 2.75) is 38.3 Å². The third-order valence-corrected chi connectivity index (χ3v) is 3.25. The summed E-state index contributed by atoms with van der Waals surface area (Å²) in [6, 6.07) is 1.63. The Kier molecular flexibility index (Phi) is 1.90. The highest BCUT2D eigenvalue weighted by molar-refractivity contribution is 4.93. The first-order valence-electron chi connectivity index (χ1n) is 4.71. The van der Waals surface area contributed by atoms with E-state index in [0.29, 0.717) is 0 Å². The van der Waals surface area contributed by atoms with Gasteiger partial charge in [-0.25, -0.2) is 0 Å². The summed E-state index contributed by atoms with van der Waals surface area (Å²) in [4.78, 5) is 2.45. The lowest BCUT2D eigenvalue weighted by Gasteiger charge is -2.31. The van der Waals surface area contributed by atoms with Gasteiger partial charge < -0.3 is 0 Å². The van der Waals surface area contributed by atoms with Crippen LogP contribution in [0.4, 0.5) is 0 Å². The number of hydrogen-bond acceptors (Lipinski definition) is 2. The van der Waals surface area contributed by atoms with E-state index in [4.69, 9.17) is 0 Å². The molecule has 0 aromatic carbocycles. The van der Waals surface area contributed by atoms with Crippen molar-refractivity contribution in [2.75, 3.05) is 13.7 Å². The van der Waals surface area contributed by atoms with Crippen molar-refractivity contribution in [3.63, 3.8) is 0 Å². The topological polar surface area (TPSA) is 15.3 Å². The average Bonchev–Trinajstić information content (AvgIpc) is 2.32. The maximum absolute atomic E-state index is 3.56. The molecule has 1 saturated carbocycles. The zero-order valence-electron chi connectivity index (χ0n) is 7.51. The van der Waals surface area contributed by atoms with Crippen molar-refractivity contribution in [3.8, 4) is 0 Å². The first-order valence-corrected chi connectivity index (χ1v) is 4.71. The second-order valence-electron chi connectivity index (χ2n) is 4.21. The fraction of sp³-hybridized carbons (Fsp3) is 1.00. The predicted octanol–water partition coefficient (Wildman–Crippen LogP) is 1.04. The zero-order valence-corrected chi connectivity index (χ0v) is 7.51. The molecule has 3 atom stereocenters. The van der Waals surface area contributed by atoms with Crippen LogP contribution in [0.15, 0.2) is 0 Å². The molecule has 2 heteroatoms. The van der Waals surface area contributed by atoms with E-state index in [1.54, 1.807) is 0 Å². The van der Waals surface area contributed by atoms with Gasteiger partial charge in [-0.05, 0) is 32.2 Å². The van der Waals surface area contributed by atoms with Crippen LogP contribution in [0, 0.1) is 5.92 Å². The van der Waals surface area contributed by atoms with Crippen molar-refractivity contribution >= 4 is 0 Å². The first-order chi connectivity index (χ1) is 5.27. The summed E-state index contributed by atoms with van der Waals surface area (Å²) in [5.41, 5.74) is 0. The molecule has 1 aliphatic heterocycles. The minimum Gasteiger partial charge on any atom is -0.300 e. The van der Waals surface area contributed by atoms with E-state index in [2.05, 4.69) is 24.2 Å². The Morgan fingerprint density at radius 3 is 3.00 bits per heavy atom. The number of nitrogens with one attached hydrogen (secondary N) is 1. The molecular weight excluding hydrogens is 136 g/mol. The second kappa shape index (κ2) is 2.76. The second-order valence-corrected chi connectivity index (χ2v) is 4.21. The van der Waals surface area contributed by atoms with Crippen LogP contribution < -0.4 is 5.32 Å². The van der Waals surface area contributed by atoms with Crippen LogP contribution in [0.3, 0.4) is 0 Å². The molecule has 2 nitrogen and oxygen atoms in total. The summed E-state index contributed by atoms with van der Waals surface area (Å²) in [6.07, 6.45) is 4.21. The summed E-state index contributed by atoms with van der Waals surface area (Å²) in [6.45, 7) is 3.47. The van der Waals surface area contributed by atoms with Crippen LogP contribution in [-0.2, 0) is 0 Å². The Morgan fingerprint density at radius 1 is 1.36 bits per heavy atom. The minimum atomic E-state index is 0.795. The number of hydrogen-bond donors (Lipinski definition) is 1. The maximum atomic E-state index is 3.56. The highest BCUT2D eigenvalue weighted by Gasteiger charge is 2.35. The minimum absolute atomic E-state index is 0.795. The van der Waals surface area contributed by atoms with Gasteiger partial charge in [0.15, 0.2) is 0 Å². The van der Waals surface area contributed by atoms with Gasteiger partial charge in [0.2, 0.25) is 0 Å². The van der Waals surface area contributed by atoms with Gasteiger partial charge in [-0.15, -0.1) is 0 Å². The van der Waals surface area contributed by atoms with Gasteiger partial charge in [-0.3, -0.25) is 10.2 Å². The molecule has 0 bridgehead atoms. The molecule has 0 amide bonds. The third-order valence-electron chi connectivity index (χ3n) is 3.25. The van der Waals surface area contributed by atoms with Gasteiger partial charge in [-0.1, -0.05) is 6.92 Å². The molecule has 64 valence electrons. The monoisotopic (exact) mass is 154 g/mol. The summed E-state index contributed by atoms with van der Waals surface area (Å²) in [5.74, 6) is 0.940. The molecule has 1 heterocycles. The summed E-state index contributed by atoms with van der Waals surface area (Å²) >= 11 is 0. The first kappa shape index (κ1) is 7.56. The molecule has 0 aromatic rings. The molecule has 0 aromatic heterocycles. The van der Waals surface area contributed by atoms with E-state index < -0.39 is 0 Å². The molecule has 0 spiro atoms. The highest BCUT2D eigenvalue weighted by atomic mass is 15.3.